The summed E-state index contributed by atoms with van der Waals surface area (Å²) in [6, 6.07) is 6.22. The predicted molar refractivity (Wildman–Crippen MR) is 89.7 cm³/mol. The average Bonchev–Trinajstić information content (AvgIpc) is 2.40. The minimum Gasteiger partial charge on any atom is -0.311 e. The van der Waals surface area contributed by atoms with Gasteiger partial charge in [-0.15, -0.1) is 0 Å². The minimum atomic E-state index is 0.552. The van der Waals surface area contributed by atoms with Gasteiger partial charge >= 0.3 is 0 Å². The largest absolute Gasteiger partial charge is 0.311 e. The highest BCUT2D eigenvalue weighted by Gasteiger charge is 2.20. The van der Waals surface area contributed by atoms with E-state index in [1.54, 1.807) is 6.07 Å². The van der Waals surface area contributed by atoms with Crippen LogP contribution in [-0.2, 0) is 6.54 Å². The summed E-state index contributed by atoms with van der Waals surface area (Å²) in [5, 5.41) is 4.94. The molecule has 0 saturated heterocycles. The molecule has 1 unspecified atom stereocenters. The van der Waals surface area contributed by atoms with Crippen molar-refractivity contribution in [3.63, 3.8) is 0 Å². The minimum absolute atomic E-state index is 0.552. The predicted octanol–water partition coefficient (Wildman–Crippen LogP) is 4.45. The third kappa shape index (κ3) is 5.25. The second-order valence-corrected chi connectivity index (χ2v) is 6.32. The number of halogens is 2. The normalized spacial score (nSPS) is 13.2. The van der Waals surface area contributed by atoms with Crippen LogP contribution in [0, 0.1) is 5.92 Å². The van der Waals surface area contributed by atoms with Crippen LogP contribution >= 0.6 is 23.2 Å². The lowest BCUT2D eigenvalue weighted by Gasteiger charge is -2.31. The van der Waals surface area contributed by atoms with Crippen molar-refractivity contribution < 1.29 is 0 Å². The molecule has 2 nitrogen and oxygen atoms in total. The number of likely N-dealkylation sites (N-methyl/N-ethyl adjacent to an activating group) is 1. The molecule has 4 heteroatoms. The van der Waals surface area contributed by atoms with E-state index in [2.05, 4.69) is 38.2 Å². The zero-order valence-electron chi connectivity index (χ0n) is 12.9. The van der Waals surface area contributed by atoms with Crippen molar-refractivity contribution in [2.45, 2.75) is 39.3 Å². The van der Waals surface area contributed by atoms with Crippen LogP contribution in [0.1, 0.15) is 32.3 Å². The van der Waals surface area contributed by atoms with E-state index in [4.69, 9.17) is 23.2 Å². The van der Waals surface area contributed by atoms with Gasteiger partial charge in [-0.1, -0.05) is 56.0 Å². The van der Waals surface area contributed by atoms with E-state index in [1.807, 2.05) is 12.1 Å². The van der Waals surface area contributed by atoms with E-state index in [-0.39, 0.29) is 0 Å². The molecule has 0 saturated carbocycles. The lowest BCUT2D eigenvalue weighted by molar-refractivity contribution is 0.194. The van der Waals surface area contributed by atoms with Crippen molar-refractivity contribution in [1.82, 2.24) is 10.2 Å². The maximum atomic E-state index is 6.19. The molecule has 1 N–H and O–H groups in total. The fourth-order valence-electron chi connectivity index (χ4n) is 2.62. The molecule has 114 valence electrons. The van der Waals surface area contributed by atoms with Crippen LogP contribution in [0.5, 0.6) is 0 Å². The van der Waals surface area contributed by atoms with Gasteiger partial charge in [-0.25, -0.2) is 0 Å². The monoisotopic (exact) mass is 316 g/mol. The Balaban J connectivity index is 2.56. The van der Waals surface area contributed by atoms with Gasteiger partial charge in [0.1, 0.15) is 0 Å². The molecule has 0 spiro atoms. The molecule has 1 rings (SSSR count). The molecular weight excluding hydrogens is 291 g/mol. The van der Waals surface area contributed by atoms with Gasteiger partial charge in [-0.2, -0.15) is 0 Å². The maximum absolute atomic E-state index is 6.19. The van der Waals surface area contributed by atoms with Crippen molar-refractivity contribution in [3.8, 4) is 0 Å². The Hall–Kier alpha value is -0.280. The van der Waals surface area contributed by atoms with Crippen LogP contribution in [0.2, 0.25) is 10.0 Å². The summed E-state index contributed by atoms with van der Waals surface area (Å²) in [7, 11) is 4.31. The molecule has 0 aliphatic rings. The highest BCUT2D eigenvalue weighted by molar-refractivity contribution is 6.35. The molecule has 0 aliphatic carbocycles. The fraction of sp³-hybridized carbons (Fsp3) is 0.625. The second-order valence-electron chi connectivity index (χ2n) is 5.47. The lowest BCUT2D eigenvalue weighted by atomic mass is 9.93. The Morgan fingerprint density at radius 3 is 2.30 bits per heavy atom. The molecule has 1 aromatic rings. The fourth-order valence-corrected chi connectivity index (χ4v) is 3.10. The molecule has 0 bridgehead atoms. The first-order valence-electron chi connectivity index (χ1n) is 7.30. The van der Waals surface area contributed by atoms with E-state index in [0.717, 1.165) is 29.6 Å². The Bertz CT molecular complexity index is 403. The van der Waals surface area contributed by atoms with E-state index in [0.29, 0.717) is 11.1 Å². The molecule has 1 atom stereocenters. The number of hydrogen-bond acceptors (Lipinski definition) is 2. The quantitative estimate of drug-likeness (QED) is 0.762. The zero-order valence-corrected chi connectivity index (χ0v) is 14.4. The molecule has 1 aromatic carbocycles. The van der Waals surface area contributed by atoms with Crippen molar-refractivity contribution in [2.75, 3.05) is 20.6 Å². The Labute approximate surface area is 133 Å². The van der Waals surface area contributed by atoms with E-state index in [1.165, 1.54) is 12.8 Å². The van der Waals surface area contributed by atoms with Crippen molar-refractivity contribution in [2.24, 2.45) is 5.92 Å². The van der Waals surface area contributed by atoms with E-state index >= 15 is 0 Å². The molecule has 0 radical (unpaired) electrons. The van der Waals surface area contributed by atoms with Gasteiger partial charge in [0.2, 0.25) is 0 Å². The summed E-state index contributed by atoms with van der Waals surface area (Å²) in [6.07, 6.45) is 2.42. The number of nitrogens with one attached hydrogen (secondary N) is 1. The summed E-state index contributed by atoms with van der Waals surface area (Å²) in [6.45, 7) is 6.28. The van der Waals surface area contributed by atoms with Gasteiger partial charge in [0.15, 0.2) is 0 Å². The van der Waals surface area contributed by atoms with Gasteiger partial charge in [0, 0.05) is 29.2 Å². The van der Waals surface area contributed by atoms with Crippen LogP contribution in [0.3, 0.4) is 0 Å². The van der Waals surface area contributed by atoms with Gasteiger partial charge in [-0.05, 0) is 37.7 Å². The molecule has 0 amide bonds. The summed E-state index contributed by atoms with van der Waals surface area (Å²) < 4.78 is 0. The molecule has 0 aliphatic heterocycles. The molecule has 0 fully saturated rings. The standard InChI is InChI=1S/C16H26Cl2N2/c1-5-12(6-2)16(20(3)4)11-19-10-13-7-8-14(17)9-15(13)18/h7-9,12,16,19H,5-6,10-11H2,1-4H3. The summed E-state index contributed by atoms with van der Waals surface area (Å²) in [4.78, 5) is 2.31. The first kappa shape index (κ1) is 17.8. The van der Waals surface area contributed by atoms with Crippen LogP contribution < -0.4 is 5.32 Å². The van der Waals surface area contributed by atoms with Gasteiger partial charge in [0.05, 0.1) is 0 Å². The summed E-state index contributed by atoms with van der Waals surface area (Å²) in [5.74, 6) is 0.721. The Morgan fingerprint density at radius 2 is 1.80 bits per heavy atom. The summed E-state index contributed by atoms with van der Waals surface area (Å²) in [5.41, 5.74) is 1.10. The average molecular weight is 317 g/mol. The number of nitrogens with zero attached hydrogens (tertiary/aromatic N) is 1. The number of rotatable bonds is 8. The SMILES string of the molecule is CCC(CC)C(CNCc1ccc(Cl)cc1Cl)N(C)C. The summed E-state index contributed by atoms with van der Waals surface area (Å²) >= 11 is 12.1. The van der Waals surface area contributed by atoms with E-state index < -0.39 is 0 Å². The van der Waals surface area contributed by atoms with Gasteiger partial charge < -0.3 is 10.2 Å². The van der Waals surface area contributed by atoms with Crippen molar-refractivity contribution in [3.05, 3.63) is 33.8 Å². The van der Waals surface area contributed by atoms with E-state index in [9.17, 15) is 0 Å². The third-order valence-corrected chi connectivity index (χ3v) is 4.53. The number of benzene rings is 1. The smallest absolute Gasteiger partial charge is 0.0465 e. The van der Waals surface area contributed by atoms with Crippen LogP contribution in [0.25, 0.3) is 0 Å². The molecule has 0 heterocycles. The maximum Gasteiger partial charge on any atom is 0.0465 e. The van der Waals surface area contributed by atoms with Gasteiger partial charge in [0.25, 0.3) is 0 Å². The molecule has 20 heavy (non-hydrogen) atoms. The van der Waals surface area contributed by atoms with Crippen LogP contribution in [0.4, 0.5) is 0 Å². The Kier molecular flexibility index (Phi) is 7.90. The molecular formula is C16H26Cl2N2. The first-order valence-corrected chi connectivity index (χ1v) is 8.06. The van der Waals surface area contributed by atoms with Gasteiger partial charge in [-0.3, -0.25) is 0 Å². The lowest BCUT2D eigenvalue weighted by Crippen LogP contribution is -2.42. The third-order valence-electron chi connectivity index (χ3n) is 3.94. The highest BCUT2D eigenvalue weighted by atomic mass is 35.5. The molecule has 0 aromatic heterocycles. The topological polar surface area (TPSA) is 15.3 Å². The zero-order chi connectivity index (χ0) is 15.1. The second kappa shape index (κ2) is 8.89. The first-order chi connectivity index (χ1) is 9.49. The van der Waals surface area contributed by atoms with Crippen LogP contribution in [-0.4, -0.2) is 31.6 Å². The Morgan fingerprint density at radius 1 is 1.15 bits per heavy atom. The number of hydrogen-bond donors (Lipinski definition) is 1. The van der Waals surface area contributed by atoms with Crippen LogP contribution in [0.15, 0.2) is 18.2 Å². The van der Waals surface area contributed by atoms with Crippen molar-refractivity contribution >= 4 is 23.2 Å². The highest BCUT2D eigenvalue weighted by Crippen LogP contribution is 2.21. The van der Waals surface area contributed by atoms with Crippen molar-refractivity contribution in [1.29, 1.82) is 0 Å².